The van der Waals surface area contributed by atoms with Gasteiger partial charge < -0.3 is 4.18 Å². The molecule has 30 heavy (non-hydrogen) atoms. The van der Waals surface area contributed by atoms with Crippen molar-refractivity contribution >= 4 is 39.1 Å². The van der Waals surface area contributed by atoms with Crippen LogP contribution in [0.4, 0.5) is 5.69 Å². The van der Waals surface area contributed by atoms with Crippen LogP contribution in [0.3, 0.4) is 0 Å². The Bertz CT molecular complexity index is 1260. The number of nitro benzene ring substituents is 1. The van der Waals surface area contributed by atoms with Crippen LogP contribution in [0.15, 0.2) is 77.7 Å². The van der Waals surface area contributed by atoms with Gasteiger partial charge in [0.25, 0.3) is 5.69 Å². The number of halogens is 1. The summed E-state index contributed by atoms with van der Waals surface area (Å²) in [7, 11) is -4.05. The summed E-state index contributed by atoms with van der Waals surface area (Å²) in [6, 6.07) is 19.3. The van der Waals surface area contributed by atoms with E-state index in [0.29, 0.717) is 16.1 Å². The summed E-state index contributed by atoms with van der Waals surface area (Å²) in [6.45, 7) is 0. The van der Waals surface area contributed by atoms with Crippen molar-refractivity contribution in [3.63, 3.8) is 0 Å². The molecule has 0 atom stereocenters. The highest BCUT2D eigenvalue weighted by molar-refractivity contribution is 7.87. The molecule has 9 heteroatoms. The number of nitriles is 1. The Hall–Kier alpha value is -3.67. The van der Waals surface area contributed by atoms with Gasteiger partial charge in [-0.15, -0.1) is 0 Å². The average molecular weight is 441 g/mol. The zero-order chi connectivity index (χ0) is 21.7. The number of nitro groups is 1. The molecule has 0 aliphatic rings. The van der Waals surface area contributed by atoms with Crippen molar-refractivity contribution in [1.82, 2.24) is 0 Å². The van der Waals surface area contributed by atoms with Crippen LogP contribution in [0.5, 0.6) is 5.75 Å². The zero-order valence-electron chi connectivity index (χ0n) is 15.2. The zero-order valence-corrected chi connectivity index (χ0v) is 16.8. The van der Waals surface area contributed by atoms with Gasteiger partial charge in [0.05, 0.1) is 16.6 Å². The molecular formula is C21H13ClN2O5S. The summed E-state index contributed by atoms with van der Waals surface area (Å²) >= 11 is 5.78. The molecule has 3 rings (SSSR count). The number of hydrogen-bond acceptors (Lipinski definition) is 6. The summed E-state index contributed by atoms with van der Waals surface area (Å²) in [4.78, 5) is 10.2. The van der Waals surface area contributed by atoms with Crippen molar-refractivity contribution in [2.75, 3.05) is 0 Å². The number of nitrogens with zero attached hydrogens (tertiary/aromatic N) is 2. The molecule has 0 fully saturated rings. The van der Waals surface area contributed by atoms with Gasteiger partial charge >= 0.3 is 10.1 Å². The molecule has 0 aliphatic carbocycles. The highest BCUT2D eigenvalue weighted by Crippen LogP contribution is 2.25. The molecule has 0 heterocycles. The summed E-state index contributed by atoms with van der Waals surface area (Å²) in [5, 5.41) is 20.6. The minimum Gasteiger partial charge on any atom is -0.379 e. The van der Waals surface area contributed by atoms with E-state index in [1.165, 1.54) is 66.7 Å². The van der Waals surface area contributed by atoms with Gasteiger partial charge in [-0.1, -0.05) is 23.7 Å². The van der Waals surface area contributed by atoms with Crippen molar-refractivity contribution in [3.05, 3.63) is 99.1 Å². The molecule has 0 spiro atoms. The smallest absolute Gasteiger partial charge is 0.339 e. The third-order valence-corrected chi connectivity index (χ3v) is 5.50. The van der Waals surface area contributed by atoms with Gasteiger partial charge in [0.15, 0.2) is 0 Å². The highest BCUT2D eigenvalue weighted by atomic mass is 35.5. The molecule has 0 N–H and O–H groups in total. The largest absolute Gasteiger partial charge is 0.379 e. The number of rotatable bonds is 6. The molecule has 0 saturated carbocycles. The number of hydrogen-bond donors (Lipinski definition) is 0. The van der Waals surface area contributed by atoms with Crippen molar-refractivity contribution in [1.29, 1.82) is 5.26 Å². The Morgan fingerprint density at radius 2 is 1.73 bits per heavy atom. The van der Waals surface area contributed by atoms with Crippen molar-refractivity contribution in [2.24, 2.45) is 0 Å². The van der Waals surface area contributed by atoms with Gasteiger partial charge in [-0.2, -0.15) is 13.7 Å². The fraction of sp³-hybridized carbons (Fsp3) is 0. The van der Waals surface area contributed by atoms with E-state index in [9.17, 15) is 23.8 Å². The molecule has 0 saturated heterocycles. The van der Waals surface area contributed by atoms with E-state index in [0.717, 1.165) is 0 Å². The molecule has 3 aromatic rings. The van der Waals surface area contributed by atoms with Gasteiger partial charge in [0.2, 0.25) is 0 Å². The van der Waals surface area contributed by atoms with E-state index in [2.05, 4.69) is 0 Å². The fourth-order valence-electron chi connectivity index (χ4n) is 2.54. The fourth-order valence-corrected chi connectivity index (χ4v) is 3.59. The lowest BCUT2D eigenvalue weighted by Gasteiger charge is -2.08. The number of benzene rings is 3. The topological polar surface area (TPSA) is 110 Å². The van der Waals surface area contributed by atoms with Crippen LogP contribution in [0.1, 0.15) is 11.1 Å². The van der Waals surface area contributed by atoms with Crippen LogP contribution in [-0.4, -0.2) is 13.3 Å². The van der Waals surface area contributed by atoms with E-state index in [1.807, 2.05) is 6.07 Å². The third-order valence-electron chi connectivity index (χ3n) is 3.99. The molecular weight excluding hydrogens is 428 g/mol. The second-order valence-corrected chi connectivity index (χ2v) is 8.02. The Morgan fingerprint density at radius 3 is 2.33 bits per heavy atom. The lowest BCUT2D eigenvalue weighted by atomic mass is 10.0. The lowest BCUT2D eigenvalue weighted by molar-refractivity contribution is -0.384. The van der Waals surface area contributed by atoms with Gasteiger partial charge in [0.1, 0.15) is 10.6 Å². The molecule has 0 radical (unpaired) electrons. The van der Waals surface area contributed by atoms with Crippen LogP contribution in [0.2, 0.25) is 5.02 Å². The van der Waals surface area contributed by atoms with Gasteiger partial charge in [-0.3, -0.25) is 10.1 Å². The first-order chi connectivity index (χ1) is 14.3. The third kappa shape index (κ3) is 5.03. The Kier molecular flexibility index (Phi) is 6.16. The van der Waals surface area contributed by atoms with Crippen LogP contribution >= 0.6 is 11.6 Å². The Balaban J connectivity index is 1.87. The van der Waals surface area contributed by atoms with E-state index >= 15 is 0 Å². The first-order valence-corrected chi connectivity index (χ1v) is 10.2. The normalized spacial score (nSPS) is 11.5. The SMILES string of the molecule is N#C/C(=C/c1cccc(OS(=O)(=O)c2ccc(Cl)cc2)c1)c1ccc([N+](=O)[O-])cc1. The van der Waals surface area contributed by atoms with Crippen molar-refractivity contribution in [2.45, 2.75) is 4.90 Å². The molecule has 0 aliphatic heterocycles. The van der Waals surface area contributed by atoms with Crippen LogP contribution in [0, 0.1) is 21.4 Å². The Morgan fingerprint density at radius 1 is 1.07 bits per heavy atom. The monoisotopic (exact) mass is 440 g/mol. The van der Waals surface area contributed by atoms with Crippen molar-refractivity contribution < 1.29 is 17.5 Å². The maximum Gasteiger partial charge on any atom is 0.339 e. The second kappa shape index (κ2) is 8.78. The quantitative estimate of drug-likeness (QED) is 0.174. The molecule has 0 aromatic heterocycles. The van der Waals surface area contributed by atoms with Gasteiger partial charge in [-0.25, -0.2) is 0 Å². The Labute approximate surface area is 177 Å². The van der Waals surface area contributed by atoms with E-state index < -0.39 is 15.0 Å². The van der Waals surface area contributed by atoms with E-state index in [4.69, 9.17) is 15.8 Å². The maximum atomic E-state index is 12.4. The summed E-state index contributed by atoms with van der Waals surface area (Å²) in [6.07, 6.45) is 1.53. The average Bonchev–Trinajstić information content (AvgIpc) is 2.72. The molecule has 0 bridgehead atoms. The van der Waals surface area contributed by atoms with Crippen molar-refractivity contribution in [3.8, 4) is 11.8 Å². The molecule has 150 valence electrons. The minimum absolute atomic E-state index is 0.0450. The summed E-state index contributed by atoms with van der Waals surface area (Å²) < 4.78 is 30.0. The van der Waals surface area contributed by atoms with Gasteiger partial charge in [-0.05, 0) is 65.7 Å². The maximum absolute atomic E-state index is 12.4. The van der Waals surface area contributed by atoms with E-state index in [-0.39, 0.29) is 21.9 Å². The molecule has 0 unspecified atom stereocenters. The number of non-ortho nitro benzene ring substituents is 1. The first kappa shape index (κ1) is 21.0. The lowest BCUT2D eigenvalue weighted by Crippen LogP contribution is -2.09. The standard InChI is InChI=1S/C21H13ClN2O5S/c22-18-6-10-21(11-7-18)30(27,28)29-20-3-1-2-15(13-20)12-17(14-23)16-4-8-19(9-5-16)24(25)26/h1-13H/b17-12-. The molecule has 3 aromatic carbocycles. The highest BCUT2D eigenvalue weighted by Gasteiger charge is 2.16. The van der Waals surface area contributed by atoms with Crippen LogP contribution in [-0.2, 0) is 10.1 Å². The molecule has 0 amide bonds. The van der Waals surface area contributed by atoms with Crippen LogP contribution in [0.25, 0.3) is 11.6 Å². The minimum atomic E-state index is -4.05. The predicted octanol–water partition coefficient (Wildman–Crippen LogP) is 5.08. The second-order valence-electron chi connectivity index (χ2n) is 6.04. The molecule has 7 nitrogen and oxygen atoms in total. The van der Waals surface area contributed by atoms with Crippen LogP contribution < -0.4 is 4.18 Å². The van der Waals surface area contributed by atoms with E-state index in [1.54, 1.807) is 12.1 Å². The summed E-state index contributed by atoms with van der Waals surface area (Å²) in [5.74, 6) is 0.0692. The van der Waals surface area contributed by atoms with Gasteiger partial charge in [0, 0.05) is 17.2 Å². The first-order valence-electron chi connectivity index (χ1n) is 8.45. The summed E-state index contributed by atoms with van der Waals surface area (Å²) in [5.41, 5.74) is 1.18. The number of allylic oxidation sites excluding steroid dienone is 1. The predicted molar refractivity (Wildman–Crippen MR) is 112 cm³/mol.